The summed E-state index contributed by atoms with van der Waals surface area (Å²) in [5, 5.41) is 2.61. The Hall–Kier alpha value is -5.45. The molecule has 0 fully saturated rings. The molecule has 0 radical (unpaired) electrons. The Kier molecular flexibility index (Phi) is 6.32. The van der Waals surface area contributed by atoms with Crippen LogP contribution in [0.5, 0.6) is 0 Å². The van der Waals surface area contributed by atoms with E-state index in [0.717, 1.165) is 22.3 Å². The molecule has 2 aromatic heterocycles. The third-order valence-electron chi connectivity index (χ3n) is 7.78. The van der Waals surface area contributed by atoms with Crippen molar-refractivity contribution in [2.45, 2.75) is 0 Å². The Morgan fingerprint density at radius 1 is 0.326 bits per heavy atom. The normalized spacial score (nSPS) is 11.3. The Labute approximate surface area is 253 Å². The fourth-order valence-electron chi connectivity index (χ4n) is 5.57. The SMILES string of the molecule is c1ccc(-c2ccc(-c3nc(-c4ccccc4)nc(-c4ccc(-c5cccc6c5sc5ccccc56)cc4)n3)cc2)cc1. The van der Waals surface area contributed by atoms with E-state index in [1.807, 2.05) is 47.7 Å². The Morgan fingerprint density at radius 3 is 1.40 bits per heavy atom. The number of hydrogen-bond donors (Lipinski definition) is 0. The van der Waals surface area contributed by atoms with Gasteiger partial charge >= 0.3 is 0 Å². The number of aromatic nitrogens is 3. The summed E-state index contributed by atoms with van der Waals surface area (Å²) >= 11 is 1.85. The summed E-state index contributed by atoms with van der Waals surface area (Å²) in [5.41, 5.74) is 7.62. The summed E-state index contributed by atoms with van der Waals surface area (Å²) in [7, 11) is 0. The minimum atomic E-state index is 0.655. The van der Waals surface area contributed by atoms with Gasteiger partial charge < -0.3 is 0 Å². The molecule has 0 atom stereocenters. The predicted molar refractivity (Wildman–Crippen MR) is 180 cm³/mol. The van der Waals surface area contributed by atoms with E-state index in [9.17, 15) is 0 Å². The second-order valence-corrected chi connectivity index (χ2v) is 11.5. The fraction of sp³-hybridized carbons (Fsp3) is 0. The van der Waals surface area contributed by atoms with Gasteiger partial charge in [-0.3, -0.25) is 0 Å². The molecule has 0 aliphatic carbocycles. The molecule has 43 heavy (non-hydrogen) atoms. The van der Waals surface area contributed by atoms with Crippen LogP contribution in [0.15, 0.2) is 152 Å². The Balaban J connectivity index is 1.20. The van der Waals surface area contributed by atoms with Crippen LogP contribution in [0.4, 0.5) is 0 Å². The molecule has 0 N–H and O–H groups in total. The first-order valence-corrected chi connectivity index (χ1v) is 15.1. The second-order valence-electron chi connectivity index (χ2n) is 10.5. The molecular formula is C39H25N3S. The topological polar surface area (TPSA) is 38.7 Å². The Bertz CT molecular complexity index is 2200. The molecule has 0 aliphatic heterocycles. The van der Waals surface area contributed by atoms with Crippen molar-refractivity contribution in [2.75, 3.05) is 0 Å². The molecule has 8 rings (SSSR count). The molecule has 6 aromatic carbocycles. The first kappa shape index (κ1) is 25.3. The summed E-state index contributed by atoms with van der Waals surface area (Å²) in [4.78, 5) is 14.8. The molecule has 8 aromatic rings. The van der Waals surface area contributed by atoms with Crippen molar-refractivity contribution in [1.82, 2.24) is 15.0 Å². The van der Waals surface area contributed by atoms with Gasteiger partial charge in [0.2, 0.25) is 0 Å². The molecule has 0 bridgehead atoms. The van der Waals surface area contributed by atoms with Gasteiger partial charge in [-0.25, -0.2) is 15.0 Å². The van der Waals surface area contributed by atoms with Gasteiger partial charge in [0.15, 0.2) is 17.5 Å². The van der Waals surface area contributed by atoms with E-state index < -0.39 is 0 Å². The molecule has 0 unspecified atom stereocenters. The van der Waals surface area contributed by atoms with Crippen LogP contribution in [0, 0.1) is 0 Å². The quantitative estimate of drug-likeness (QED) is 0.208. The zero-order chi connectivity index (χ0) is 28.6. The third kappa shape index (κ3) is 4.78. The Morgan fingerprint density at radius 2 is 0.767 bits per heavy atom. The standard InChI is InChI=1S/C39H25N3S/c1-3-10-26(11-4-1)27-18-22-30(23-19-27)38-40-37(29-12-5-2-6-13-29)41-39(42-38)31-24-20-28(21-25-31)32-15-9-16-34-33-14-7-8-17-35(33)43-36(32)34/h1-25H. The maximum Gasteiger partial charge on any atom is 0.164 e. The van der Waals surface area contributed by atoms with Crippen LogP contribution in [0.2, 0.25) is 0 Å². The first-order valence-electron chi connectivity index (χ1n) is 14.3. The highest BCUT2D eigenvalue weighted by molar-refractivity contribution is 7.26. The molecule has 0 aliphatic rings. The molecule has 2 heterocycles. The van der Waals surface area contributed by atoms with Crippen LogP contribution in [0.25, 0.3) is 76.6 Å². The number of fused-ring (bicyclic) bond motifs is 3. The number of rotatable bonds is 5. The van der Waals surface area contributed by atoms with E-state index in [-0.39, 0.29) is 0 Å². The average molecular weight is 568 g/mol. The van der Waals surface area contributed by atoms with Gasteiger partial charge in [0.25, 0.3) is 0 Å². The lowest BCUT2D eigenvalue weighted by atomic mass is 10.0. The average Bonchev–Trinajstić information content (AvgIpc) is 3.48. The number of benzene rings is 6. The van der Waals surface area contributed by atoms with Gasteiger partial charge in [0.05, 0.1) is 0 Å². The van der Waals surface area contributed by atoms with Crippen LogP contribution in [0.1, 0.15) is 0 Å². The number of hydrogen-bond acceptors (Lipinski definition) is 4. The van der Waals surface area contributed by atoms with Gasteiger partial charge in [0.1, 0.15) is 0 Å². The van der Waals surface area contributed by atoms with Crippen molar-refractivity contribution in [2.24, 2.45) is 0 Å². The predicted octanol–water partition coefficient (Wildman–Crippen LogP) is 10.6. The molecular weight excluding hydrogens is 543 g/mol. The van der Waals surface area contributed by atoms with Crippen molar-refractivity contribution in [1.29, 1.82) is 0 Å². The zero-order valence-electron chi connectivity index (χ0n) is 23.2. The lowest BCUT2D eigenvalue weighted by molar-refractivity contribution is 1.07. The van der Waals surface area contributed by atoms with Crippen LogP contribution < -0.4 is 0 Å². The highest BCUT2D eigenvalue weighted by Gasteiger charge is 2.14. The van der Waals surface area contributed by atoms with Gasteiger partial charge in [-0.1, -0.05) is 146 Å². The van der Waals surface area contributed by atoms with E-state index in [1.54, 1.807) is 0 Å². The van der Waals surface area contributed by atoms with Gasteiger partial charge in [-0.15, -0.1) is 11.3 Å². The number of nitrogens with zero attached hydrogens (tertiary/aromatic N) is 3. The molecule has 4 heteroatoms. The monoisotopic (exact) mass is 567 g/mol. The first-order chi connectivity index (χ1) is 21.3. The fourth-order valence-corrected chi connectivity index (χ4v) is 6.80. The van der Waals surface area contributed by atoms with Crippen LogP contribution >= 0.6 is 11.3 Å². The van der Waals surface area contributed by atoms with Crippen LogP contribution in [0.3, 0.4) is 0 Å². The summed E-state index contributed by atoms with van der Waals surface area (Å²) in [5.74, 6) is 1.97. The minimum absolute atomic E-state index is 0.655. The second kappa shape index (κ2) is 10.8. The minimum Gasteiger partial charge on any atom is -0.208 e. The zero-order valence-corrected chi connectivity index (χ0v) is 24.0. The van der Waals surface area contributed by atoms with Crippen LogP contribution in [-0.2, 0) is 0 Å². The van der Waals surface area contributed by atoms with E-state index in [2.05, 4.69) is 115 Å². The molecule has 3 nitrogen and oxygen atoms in total. The van der Waals surface area contributed by atoms with E-state index in [1.165, 1.54) is 36.9 Å². The largest absolute Gasteiger partial charge is 0.208 e. The van der Waals surface area contributed by atoms with Crippen molar-refractivity contribution in [3.63, 3.8) is 0 Å². The maximum absolute atomic E-state index is 4.96. The van der Waals surface area contributed by atoms with Crippen molar-refractivity contribution in [3.05, 3.63) is 152 Å². The van der Waals surface area contributed by atoms with Crippen molar-refractivity contribution < 1.29 is 0 Å². The number of thiophene rings is 1. The molecule has 0 spiro atoms. The lowest BCUT2D eigenvalue weighted by Gasteiger charge is -2.10. The maximum atomic E-state index is 4.96. The molecule has 0 amide bonds. The van der Waals surface area contributed by atoms with E-state index in [0.29, 0.717) is 17.5 Å². The highest BCUT2D eigenvalue weighted by Crippen LogP contribution is 2.40. The summed E-state index contributed by atoms with van der Waals surface area (Å²) in [6, 6.07) is 52.7. The molecule has 0 saturated heterocycles. The smallest absolute Gasteiger partial charge is 0.164 e. The van der Waals surface area contributed by atoms with Gasteiger partial charge in [-0.05, 0) is 28.3 Å². The van der Waals surface area contributed by atoms with Gasteiger partial charge in [-0.2, -0.15) is 0 Å². The lowest BCUT2D eigenvalue weighted by Crippen LogP contribution is -2.00. The highest BCUT2D eigenvalue weighted by atomic mass is 32.1. The molecule has 202 valence electrons. The van der Waals surface area contributed by atoms with E-state index >= 15 is 0 Å². The van der Waals surface area contributed by atoms with E-state index in [4.69, 9.17) is 15.0 Å². The molecule has 0 saturated carbocycles. The van der Waals surface area contributed by atoms with Gasteiger partial charge in [0, 0.05) is 36.9 Å². The van der Waals surface area contributed by atoms with Crippen LogP contribution in [-0.4, -0.2) is 15.0 Å². The third-order valence-corrected chi connectivity index (χ3v) is 9.00. The van der Waals surface area contributed by atoms with Crippen molar-refractivity contribution in [3.8, 4) is 56.4 Å². The summed E-state index contributed by atoms with van der Waals surface area (Å²) in [6.07, 6.45) is 0. The summed E-state index contributed by atoms with van der Waals surface area (Å²) < 4.78 is 2.62. The van der Waals surface area contributed by atoms with Crippen molar-refractivity contribution >= 4 is 31.5 Å². The summed E-state index contributed by atoms with van der Waals surface area (Å²) in [6.45, 7) is 0.